The normalized spacial score (nSPS) is 11.5. The molecular formula is C49H31N3. The molecule has 0 saturated heterocycles. The van der Waals surface area contributed by atoms with E-state index in [1.807, 2.05) is 0 Å². The lowest BCUT2D eigenvalue weighted by Crippen LogP contribution is -2.01. The molecule has 0 N–H and O–H groups in total. The van der Waals surface area contributed by atoms with E-state index < -0.39 is 0 Å². The van der Waals surface area contributed by atoms with Crippen molar-refractivity contribution in [1.29, 1.82) is 0 Å². The first-order valence-electron chi connectivity index (χ1n) is 17.6. The van der Waals surface area contributed by atoms with Gasteiger partial charge in [-0.15, -0.1) is 0 Å². The number of rotatable bonds is 5. The van der Waals surface area contributed by atoms with Crippen LogP contribution in [0.15, 0.2) is 188 Å². The van der Waals surface area contributed by atoms with Crippen LogP contribution < -0.4 is 0 Å². The molecule has 10 aromatic rings. The molecule has 9 aromatic carbocycles. The van der Waals surface area contributed by atoms with E-state index in [-0.39, 0.29) is 0 Å². The first-order chi connectivity index (χ1) is 25.8. The van der Waals surface area contributed by atoms with Gasteiger partial charge in [0.15, 0.2) is 17.5 Å². The van der Waals surface area contributed by atoms with E-state index in [0.29, 0.717) is 17.5 Å². The van der Waals surface area contributed by atoms with Crippen molar-refractivity contribution in [1.82, 2.24) is 15.0 Å². The Kier molecular flexibility index (Phi) is 7.14. The second-order valence-electron chi connectivity index (χ2n) is 13.1. The molecule has 1 heterocycles. The zero-order chi connectivity index (χ0) is 34.4. The van der Waals surface area contributed by atoms with Crippen LogP contribution in [-0.2, 0) is 0 Å². The van der Waals surface area contributed by atoms with E-state index in [4.69, 9.17) is 15.0 Å². The molecule has 52 heavy (non-hydrogen) atoms. The van der Waals surface area contributed by atoms with E-state index in [9.17, 15) is 0 Å². The second-order valence-corrected chi connectivity index (χ2v) is 13.1. The molecule has 0 aliphatic heterocycles. The molecule has 0 bridgehead atoms. The van der Waals surface area contributed by atoms with Crippen molar-refractivity contribution >= 4 is 43.1 Å². The predicted molar refractivity (Wildman–Crippen MR) is 217 cm³/mol. The van der Waals surface area contributed by atoms with Gasteiger partial charge in [0, 0.05) is 16.7 Å². The van der Waals surface area contributed by atoms with Crippen molar-refractivity contribution in [3.8, 4) is 56.4 Å². The molecule has 0 radical (unpaired) electrons. The molecular weight excluding hydrogens is 631 g/mol. The highest BCUT2D eigenvalue weighted by atomic mass is 15.0. The van der Waals surface area contributed by atoms with E-state index in [2.05, 4.69) is 188 Å². The summed E-state index contributed by atoms with van der Waals surface area (Å²) in [6, 6.07) is 66.4. The summed E-state index contributed by atoms with van der Waals surface area (Å²) in [6.07, 6.45) is 0. The highest BCUT2D eigenvalue weighted by Gasteiger charge is 2.18. The van der Waals surface area contributed by atoms with Gasteiger partial charge in [0.1, 0.15) is 0 Å². The van der Waals surface area contributed by atoms with E-state index >= 15 is 0 Å². The van der Waals surface area contributed by atoms with Crippen molar-refractivity contribution in [3.05, 3.63) is 188 Å². The van der Waals surface area contributed by atoms with Gasteiger partial charge in [-0.05, 0) is 65.3 Å². The Labute approximate surface area is 301 Å². The third kappa shape index (κ3) is 5.02. The molecule has 10 rings (SSSR count). The van der Waals surface area contributed by atoms with Crippen LogP contribution in [0.25, 0.3) is 99.5 Å². The van der Waals surface area contributed by atoms with Crippen molar-refractivity contribution in [2.24, 2.45) is 0 Å². The first kappa shape index (κ1) is 29.9. The summed E-state index contributed by atoms with van der Waals surface area (Å²) in [5, 5.41) is 9.45. The largest absolute Gasteiger partial charge is 0.208 e. The molecule has 1 aromatic heterocycles. The fraction of sp³-hybridized carbons (Fsp3) is 0. The molecule has 0 spiro atoms. The lowest BCUT2D eigenvalue weighted by Gasteiger charge is -2.18. The highest BCUT2D eigenvalue weighted by Crippen LogP contribution is 2.44. The summed E-state index contributed by atoms with van der Waals surface area (Å²) >= 11 is 0. The minimum atomic E-state index is 0.640. The summed E-state index contributed by atoms with van der Waals surface area (Å²) in [4.78, 5) is 15.5. The molecule has 0 saturated carbocycles. The van der Waals surface area contributed by atoms with Gasteiger partial charge in [0.25, 0.3) is 0 Å². The van der Waals surface area contributed by atoms with Crippen LogP contribution in [0.1, 0.15) is 0 Å². The number of hydrogen-bond donors (Lipinski definition) is 0. The van der Waals surface area contributed by atoms with Gasteiger partial charge >= 0.3 is 0 Å². The summed E-state index contributed by atoms with van der Waals surface area (Å²) in [5.41, 5.74) is 7.75. The molecule has 3 heteroatoms. The van der Waals surface area contributed by atoms with Gasteiger partial charge in [-0.2, -0.15) is 0 Å². The summed E-state index contributed by atoms with van der Waals surface area (Å²) in [5.74, 6) is 1.95. The minimum Gasteiger partial charge on any atom is -0.208 e. The van der Waals surface area contributed by atoms with Gasteiger partial charge in [-0.1, -0.05) is 188 Å². The van der Waals surface area contributed by atoms with Crippen LogP contribution in [0, 0.1) is 0 Å². The number of benzene rings is 9. The highest BCUT2D eigenvalue weighted by molar-refractivity contribution is 6.21. The molecule has 0 aliphatic carbocycles. The Morgan fingerprint density at radius 1 is 0.231 bits per heavy atom. The molecule has 242 valence electrons. The SMILES string of the molecule is c1ccc(-c2c3ccccc3c(-c3ccc(-c4nc(-c5cccc6ccccc56)nc(-c5cccc6ccccc56)n4)cc3)c3ccccc23)cc1. The van der Waals surface area contributed by atoms with Gasteiger partial charge in [0.2, 0.25) is 0 Å². The van der Waals surface area contributed by atoms with Crippen LogP contribution in [0.4, 0.5) is 0 Å². The molecule has 3 nitrogen and oxygen atoms in total. The predicted octanol–water partition coefficient (Wildman–Crippen LogP) is 12.8. The lowest BCUT2D eigenvalue weighted by atomic mass is 9.86. The molecule has 0 fully saturated rings. The maximum absolute atomic E-state index is 5.15. The number of hydrogen-bond acceptors (Lipinski definition) is 3. The fourth-order valence-electron chi connectivity index (χ4n) is 7.73. The van der Waals surface area contributed by atoms with Gasteiger partial charge in [-0.3, -0.25) is 0 Å². The van der Waals surface area contributed by atoms with Crippen molar-refractivity contribution < 1.29 is 0 Å². The second kappa shape index (κ2) is 12.4. The molecule has 0 aliphatic rings. The third-order valence-corrected chi connectivity index (χ3v) is 10.1. The molecule has 0 unspecified atom stereocenters. The zero-order valence-corrected chi connectivity index (χ0v) is 28.2. The maximum Gasteiger partial charge on any atom is 0.164 e. The molecule has 0 amide bonds. The van der Waals surface area contributed by atoms with E-state index in [1.54, 1.807) is 0 Å². The van der Waals surface area contributed by atoms with Crippen molar-refractivity contribution in [3.63, 3.8) is 0 Å². The Bertz CT molecular complexity index is 2780. The smallest absolute Gasteiger partial charge is 0.164 e. The van der Waals surface area contributed by atoms with Gasteiger partial charge in [-0.25, -0.2) is 15.0 Å². The van der Waals surface area contributed by atoms with E-state index in [1.165, 1.54) is 38.2 Å². The third-order valence-electron chi connectivity index (χ3n) is 10.1. The topological polar surface area (TPSA) is 38.7 Å². The minimum absolute atomic E-state index is 0.640. The number of nitrogens with zero attached hydrogens (tertiary/aromatic N) is 3. The van der Waals surface area contributed by atoms with Crippen LogP contribution in [-0.4, -0.2) is 15.0 Å². The van der Waals surface area contributed by atoms with Crippen molar-refractivity contribution in [2.45, 2.75) is 0 Å². The number of aromatic nitrogens is 3. The van der Waals surface area contributed by atoms with Gasteiger partial charge < -0.3 is 0 Å². The average molecular weight is 662 g/mol. The standard InChI is InChI=1S/C49H31N3/c1-2-16-34(17-3-1)45-39-22-8-10-24-41(39)46(42-25-11-9-23-40(42)45)35-28-30-36(31-29-35)47-50-48(43-26-12-18-32-14-4-6-20-37(32)43)52-49(51-47)44-27-13-19-33-15-5-7-21-38(33)44/h1-31H. The monoisotopic (exact) mass is 661 g/mol. The average Bonchev–Trinajstić information content (AvgIpc) is 3.22. The summed E-state index contributed by atoms with van der Waals surface area (Å²) in [7, 11) is 0. The Morgan fingerprint density at radius 2 is 0.577 bits per heavy atom. The Balaban J connectivity index is 1.17. The number of fused-ring (bicyclic) bond motifs is 4. The van der Waals surface area contributed by atoms with Crippen LogP contribution in [0.3, 0.4) is 0 Å². The maximum atomic E-state index is 5.15. The van der Waals surface area contributed by atoms with Crippen LogP contribution in [0.2, 0.25) is 0 Å². The van der Waals surface area contributed by atoms with Gasteiger partial charge in [0.05, 0.1) is 0 Å². The summed E-state index contributed by atoms with van der Waals surface area (Å²) in [6.45, 7) is 0. The summed E-state index contributed by atoms with van der Waals surface area (Å²) < 4.78 is 0. The zero-order valence-electron chi connectivity index (χ0n) is 28.2. The quantitative estimate of drug-likeness (QED) is 0.172. The van der Waals surface area contributed by atoms with Crippen LogP contribution in [0.5, 0.6) is 0 Å². The lowest BCUT2D eigenvalue weighted by molar-refractivity contribution is 1.08. The fourth-order valence-corrected chi connectivity index (χ4v) is 7.73. The molecule has 0 atom stereocenters. The first-order valence-corrected chi connectivity index (χ1v) is 17.6. The Hall–Kier alpha value is -6.97. The van der Waals surface area contributed by atoms with E-state index in [0.717, 1.165) is 43.8 Å². The Morgan fingerprint density at radius 3 is 1.06 bits per heavy atom. The van der Waals surface area contributed by atoms with Crippen molar-refractivity contribution in [2.75, 3.05) is 0 Å². The van der Waals surface area contributed by atoms with Crippen LogP contribution >= 0.6 is 0 Å².